The second-order valence-corrected chi connectivity index (χ2v) is 8.36. The summed E-state index contributed by atoms with van der Waals surface area (Å²) < 4.78 is 0. The molecule has 5 aromatic rings. The number of rotatable bonds is 3. The predicted octanol–water partition coefficient (Wildman–Crippen LogP) is 4.77. The summed E-state index contributed by atoms with van der Waals surface area (Å²) in [6.45, 7) is 4.03. The van der Waals surface area contributed by atoms with Gasteiger partial charge in [0.05, 0.1) is 34.0 Å². The summed E-state index contributed by atoms with van der Waals surface area (Å²) >= 11 is 0. The number of hydrogen-bond donors (Lipinski definition) is 1. The van der Waals surface area contributed by atoms with Crippen molar-refractivity contribution >= 4 is 50.4 Å². The van der Waals surface area contributed by atoms with Crippen LogP contribution in [0.5, 0.6) is 0 Å². The van der Waals surface area contributed by atoms with Crippen LogP contribution >= 0.6 is 0 Å². The van der Waals surface area contributed by atoms with Gasteiger partial charge in [-0.1, -0.05) is 24.3 Å². The van der Waals surface area contributed by atoms with Crippen LogP contribution in [0.2, 0.25) is 0 Å². The first-order chi connectivity index (χ1) is 15.8. The van der Waals surface area contributed by atoms with E-state index in [0.29, 0.717) is 0 Å². The van der Waals surface area contributed by atoms with Crippen molar-refractivity contribution in [2.75, 3.05) is 38.1 Å². The molecule has 0 bridgehead atoms. The van der Waals surface area contributed by atoms with Crippen molar-refractivity contribution in [2.24, 2.45) is 4.99 Å². The van der Waals surface area contributed by atoms with Crippen molar-refractivity contribution in [3.63, 3.8) is 0 Å². The lowest BCUT2D eigenvalue weighted by Gasteiger charge is -2.33. The normalized spacial score (nSPS) is 15.5. The third kappa shape index (κ3) is 3.29. The second kappa shape index (κ2) is 7.73. The van der Waals surface area contributed by atoms with Crippen LogP contribution in [-0.2, 0) is 0 Å². The highest BCUT2D eigenvalue weighted by Gasteiger charge is 2.21. The second-order valence-electron chi connectivity index (χ2n) is 8.36. The fraction of sp³-hybridized carbons (Fsp3) is 0.192. The van der Waals surface area contributed by atoms with Crippen LogP contribution in [0.4, 0.5) is 11.5 Å². The Balaban J connectivity index is 1.55. The maximum Gasteiger partial charge on any atom is 0.139 e. The number of nitrogens with zero attached hydrogens (tertiary/aromatic N) is 5. The molecule has 32 heavy (non-hydrogen) atoms. The van der Waals surface area contributed by atoms with Gasteiger partial charge in [0, 0.05) is 48.7 Å². The fourth-order valence-corrected chi connectivity index (χ4v) is 4.49. The molecule has 6 rings (SSSR count). The number of pyridine rings is 2. The number of aromatic nitrogens is 3. The molecule has 0 spiro atoms. The summed E-state index contributed by atoms with van der Waals surface area (Å²) in [5.74, 6) is 1.06. The van der Waals surface area contributed by atoms with Crippen LogP contribution in [0, 0.1) is 0 Å². The average molecular weight is 421 g/mol. The summed E-state index contributed by atoms with van der Waals surface area (Å²) in [5.41, 5.74) is 5.02. The van der Waals surface area contributed by atoms with Gasteiger partial charge in [0.2, 0.25) is 0 Å². The quantitative estimate of drug-likeness (QED) is 0.427. The molecule has 0 radical (unpaired) electrons. The molecule has 0 atom stereocenters. The van der Waals surface area contributed by atoms with Crippen LogP contribution in [0.3, 0.4) is 0 Å². The minimum Gasteiger partial charge on any atom is -0.354 e. The molecule has 0 saturated carbocycles. The number of aliphatic imine (C=N–C) groups is 1. The number of H-pyrrole nitrogens is 1. The number of likely N-dealkylation sites (N-methyl/N-ethyl adjacent to an activating group) is 1. The molecule has 6 nitrogen and oxygen atoms in total. The Hall–Kier alpha value is -3.77. The Morgan fingerprint density at radius 1 is 0.938 bits per heavy atom. The highest BCUT2D eigenvalue weighted by atomic mass is 15.3. The molecule has 2 aromatic carbocycles. The summed E-state index contributed by atoms with van der Waals surface area (Å²) in [5, 5.41) is 3.48. The Labute approximate surface area is 186 Å². The smallest absolute Gasteiger partial charge is 0.139 e. The zero-order valence-electron chi connectivity index (χ0n) is 18.0. The van der Waals surface area contributed by atoms with E-state index in [1.54, 1.807) is 6.20 Å². The molecule has 4 heterocycles. The molecule has 0 amide bonds. The molecule has 3 aromatic heterocycles. The Bertz CT molecular complexity index is 1450. The van der Waals surface area contributed by atoms with E-state index in [1.165, 1.54) is 5.39 Å². The van der Waals surface area contributed by atoms with Gasteiger partial charge in [-0.15, -0.1) is 0 Å². The lowest BCUT2D eigenvalue weighted by Crippen LogP contribution is -2.44. The molecule has 1 N–H and O–H groups in total. The minimum atomic E-state index is 0.845. The number of aromatic amines is 1. The SMILES string of the molecule is CN1CCN(c2nc3ccccc3c3[nH]c4ccc(N=Cc5ccccn5)cc4c23)CC1. The third-order valence-corrected chi connectivity index (χ3v) is 6.24. The Morgan fingerprint density at radius 3 is 2.62 bits per heavy atom. The van der Waals surface area contributed by atoms with Crippen molar-refractivity contribution in [1.29, 1.82) is 0 Å². The van der Waals surface area contributed by atoms with Gasteiger partial charge in [-0.2, -0.15) is 0 Å². The van der Waals surface area contributed by atoms with Gasteiger partial charge in [-0.25, -0.2) is 4.98 Å². The van der Waals surface area contributed by atoms with E-state index in [9.17, 15) is 0 Å². The van der Waals surface area contributed by atoms with Crippen LogP contribution < -0.4 is 4.90 Å². The predicted molar refractivity (Wildman–Crippen MR) is 132 cm³/mol. The van der Waals surface area contributed by atoms with Crippen molar-refractivity contribution in [1.82, 2.24) is 19.9 Å². The van der Waals surface area contributed by atoms with E-state index in [1.807, 2.05) is 30.5 Å². The van der Waals surface area contributed by atoms with Crippen LogP contribution in [0.25, 0.3) is 32.7 Å². The average Bonchev–Trinajstić information content (AvgIpc) is 3.23. The number of para-hydroxylation sites is 1. The van der Waals surface area contributed by atoms with E-state index in [2.05, 4.69) is 68.2 Å². The maximum absolute atomic E-state index is 5.14. The highest BCUT2D eigenvalue weighted by molar-refractivity contribution is 6.21. The highest BCUT2D eigenvalue weighted by Crippen LogP contribution is 2.38. The molecule has 1 aliphatic heterocycles. The van der Waals surface area contributed by atoms with E-state index in [4.69, 9.17) is 4.98 Å². The Morgan fingerprint density at radius 2 is 1.78 bits per heavy atom. The Kier molecular flexibility index (Phi) is 4.58. The molecule has 158 valence electrons. The maximum atomic E-state index is 5.14. The summed E-state index contributed by atoms with van der Waals surface area (Å²) in [4.78, 5) is 22.6. The minimum absolute atomic E-state index is 0.845. The van der Waals surface area contributed by atoms with Crippen molar-refractivity contribution < 1.29 is 0 Å². The fourth-order valence-electron chi connectivity index (χ4n) is 4.49. The lowest BCUT2D eigenvalue weighted by molar-refractivity contribution is 0.312. The van der Waals surface area contributed by atoms with Crippen LogP contribution in [0.15, 0.2) is 71.9 Å². The molecule has 1 saturated heterocycles. The molecular formula is C26H24N6. The third-order valence-electron chi connectivity index (χ3n) is 6.24. The number of benzene rings is 2. The van der Waals surface area contributed by atoms with Crippen molar-refractivity contribution in [3.8, 4) is 0 Å². The summed E-state index contributed by atoms with van der Waals surface area (Å²) in [6, 6.07) is 20.5. The number of nitrogens with one attached hydrogen (secondary N) is 1. The van der Waals surface area contributed by atoms with Gasteiger partial charge in [0.25, 0.3) is 0 Å². The van der Waals surface area contributed by atoms with Gasteiger partial charge >= 0.3 is 0 Å². The molecule has 0 aliphatic carbocycles. The van der Waals surface area contributed by atoms with Crippen LogP contribution in [0.1, 0.15) is 5.69 Å². The molecule has 0 unspecified atom stereocenters. The standard InChI is InChI=1S/C26H24N6/c1-31-12-14-32(15-13-31)26-24-21-16-18(28-17-19-6-4-5-11-27-19)9-10-23(21)29-25(24)20-7-2-3-8-22(20)30-26/h2-11,16-17,29H,12-15H2,1H3. The van der Waals surface area contributed by atoms with Gasteiger partial charge in [0.1, 0.15) is 5.82 Å². The number of piperazine rings is 1. The monoisotopic (exact) mass is 420 g/mol. The zero-order chi connectivity index (χ0) is 21.5. The number of hydrogen-bond acceptors (Lipinski definition) is 5. The molecule has 1 fully saturated rings. The van der Waals surface area contributed by atoms with Crippen molar-refractivity contribution in [2.45, 2.75) is 0 Å². The first-order valence-corrected chi connectivity index (χ1v) is 11.0. The van der Waals surface area contributed by atoms with E-state index < -0.39 is 0 Å². The van der Waals surface area contributed by atoms with Gasteiger partial charge in [-0.05, 0) is 43.4 Å². The van der Waals surface area contributed by atoms with Crippen LogP contribution in [-0.4, -0.2) is 59.3 Å². The van der Waals surface area contributed by atoms with E-state index in [0.717, 1.165) is 70.7 Å². The number of anilines is 1. The number of fused-ring (bicyclic) bond motifs is 5. The summed E-state index contributed by atoms with van der Waals surface area (Å²) in [7, 11) is 2.18. The van der Waals surface area contributed by atoms with E-state index >= 15 is 0 Å². The van der Waals surface area contributed by atoms with Gasteiger partial charge in [0.15, 0.2) is 0 Å². The largest absolute Gasteiger partial charge is 0.354 e. The van der Waals surface area contributed by atoms with Gasteiger partial charge in [-0.3, -0.25) is 9.98 Å². The zero-order valence-corrected chi connectivity index (χ0v) is 18.0. The molecular weight excluding hydrogens is 396 g/mol. The lowest BCUT2D eigenvalue weighted by atomic mass is 10.1. The van der Waals surface area contributed by atoms with Gasteiger partial charge < -0.3 is 14.8 Å². The molecule has 1 aliphatic rings. The summed E-state index contributed by atoms with van der Waals surface area (Å²) in [6.07, 6.45) is 3.59. The first kappa shape index (κ1) is 19.0. The molecule has 6 heteroatoms. The topological polar surface area (TPSA) is 60.4 Å². The first-order valence-electron chi connectivity index (χ1n) is 11.0. The van der Waals surface area contributed by atoms with Crippen molar-refractivity contribution in [3.05, 3.63) is 72.6 Å². The van der Waals surface area contributed by atoms with E-state index in [-0.39, 0.29) is 0 Å².